The van der Waals surface area contributed by atoms with Gasteiger partial charge in [-0.1, -0.05) is 5.92 Å². The van der Waals surface area contributed by atoms with Crippen LogP contribution in [0.1, 0.15) is 25.3 Å². The lowest BCUT2D eigenvalue weighted by molar-refractivity contribution is 0.0146. The molecule has 2 aromatic heterocycles. The molecule has 9 heteroatoms. The first-order chi connectivity index (χ1) is 10.9. The molecule has 2 unspecified atom stereocenters. The van der Waals surface area contributed by atoms with Gasteiger partial charge in [0.2, 0.25) is 0 Å². The van der Waals surface area contributed by atoms with E-state index in [1.54, 1.807) is 13.0 Å². The summed E-state index contributed by atoms with van der Waals surface area (Å²) < 4.78 is 2.45. The van der Waals surface area contributed by atoms with Gasteiger partial charge < -0.3 is 14.8 Å². The Labute approximate surface area is 130 Å². The molecular weight excluding hydrogens is 302 g/mol. The number of rotatable bonds is 4. The SMILES string of the molecule is CC#CCn1c(C(O)C(O)CC#N)nc2c1c(=O)[nH]c(=O)n2C. The summed E-state index contributed by atoms with van der Waals surface area (Å²) in [4.78, 5) is 30.0. The number of aromatic nitrogens is 4. The Bertz CT molecular complexity index is 950. The van der Waals surface area contributed by atoms with Gasteiger partial charge in [0, 0.05) is 7.05 Å². The number of aliphatic hydroxyl groups excluding tert-OH is 2. The van der Waals surface area contributed by atoms with Crippen LogP contribution in [-0.4, -0.2) is 35.4 Å². The minimum atomic E-state index is -1.49. The molecule has 0 spiro atoms. The zero-order valence-corrected chi connectivity index (χ0v) is 12.6. The second-order valence-electron chi connectivity index (χ2n) is 4.85. The molecule has 0 aliphatic rings. The molecule has 2 atom stereocenters. The first-order valence-electron chi connectivity index (χ1n) is 6.74. The molecule has 3 N–H and O–H groups in total. The molecule has 0 amide bonds. The number of nitrogens with one attached hydrogen (secondary N) is 1. The largest absolute Gasteiger partial charge is 0.389 e. The number of imidazole rings is 1. The van der Waals surface area contributed by atoms with E-state index in [9.17, 15) is 19.8 Å². The van der Waals surface area contributed by atoms with E-state index < -0.39 is 23.5 Å². The van der Waals surface area contributed by atoms with Gasteiger partial charge in [-0.25, -0.2) is 9.78 Å². The third-order valence-electron chi connectivity index (χ3n) is 3.38. The Morgan fingerprint density at radius 3 is 2.70 bits per heavy atom. The maximum Gasteiger partial charge on any atom is 0.329 e. The molecule has 0 saturated heterocycles. The summed E-state index contributed by atoms with van der Waals surface area (Å²) in [7, 11) is 1.42. The Kier molecular flexibility index (Phi) is 4.65. The molecule has 0 bridgehead atoms. The van der Waals surface area contributed by atoms with Crippen LogP contribution in [0.2, 0.25) is 0 Å². The average Bonchev–Trinajstić information content (AvgIpc) is 2.90. The van der Waals surface area contributed by atoms with Crippen molar-refractivity contribution in [3.05, 3.63) is 26.7 Å². The van der Waals surface area contributed by atoms with E-state index in [-0.39, 0.29) is 30.0 Å². The van der Waals surface area contributed by atoms with Gasteiger partial charge in [0.15, 0.2) is 11.2 Å². The van der Waals surface area contributed by atoms with Gasteiger partial charge in [-0.3, -0.25) is 14.3 Å². The van der Waals surface area contributed by atoms with Crippen LogP contribution in [0.3, 0.4) is 0 Å². The van der Waals surface area contributed by atoms with Crippen molar-refractivity contribution in [1.29, 1.82) is 5.26 Å². The van der Waals surface area contributed by atoms with Crippen molar-refractivity contribution in [1.82, 2.24) is 19.1 Å². The molecule has 0 radical (unpaired) electrons. The highest BCUT2D eigenvalue weighted by Crippen LogP contribution is 2.21. The van der Waals surface area contributed by atoms with Crippen molar-refractivity contribution < 1.29 is 10.2 Å². The molecule has 0 fully saturated rings. The molecule has 2 heterocycles. The number of nitriles is 1. The quantitative estimate of drug-likeness (QED) is 0.603. The van der Waals surface area contributed by atoms with E-state index in [0.29, 0.717) is 0 Å². The molecule has 0 aliphatic heterocycles. The summed E-state index contributed by atoms with van der Waals surface area (Å²) in [5.41, 5.74) is -1.18. The van der Waals surface area contributed by atoms with E-state index in [2.05, 4.69) is 21.8 Å². The topological polar surface area (TPSA) is 137 Å². The smallest absolute Gasteiger partial charge is 0.329 e. The van der Waals surface area contributed by atoms with Crippen molar-refractivity contribution in [2.75, 3.05) is 0 Å². The van der Waals surface area contributed by atoms with E-state index >= 15 is 0 Å². The minimum absolute atomic E-state index is 0.0304. The van der Waals surface area contributed by atoms with Gasteiger partial charge in [-0.15, -0.1) is 5.92 Å². The fourth-order valence-corrected chi connectivity index (χ4v) is 2.17. The lowest BCUT2D eigenvalue weighted by atomic mass is 10.1. The van der Waals surface area contributed by atoms with Crippen LogP contribution >= 0.6 is 0 Å². The van der Waals surface area contributed by atoms with Crippen molar-refractivity contribution in [3.8, 4) is 17.9 Å². The molecule has 0 aliphatic carbocycles. The highest BCUT2D eigenvalue weighted by molar-refractivity contribution is 5.71. The first-order valence-corrected chi connectivity index (χ1v) is 6.74. The monoisotopic (exact) mass is 317 g/mol. The van der Waals surface area contributed by atoms with Crippen molar-refractivity contribution in [2.24, 2.45) is 7.05 Å². The summed E-state index contributed by atoms with van der Waals surface area (Å²) in [6.07, 6.45) is -3.17. The first kappa shape index (κ1) is 16.5. The molecule has 2 rings (SSSR count). The zero-order valence-electron chi connectivity index (χ0n) is 12.6. The predicted octanol–water partition coefficient (Wildman–Crippen LogP) is -1.25. The van der Waals surface area contributed by atoms with E-state index in [1.165, 1.54) is 11.6 Å². The summed E-state index contributed by atoms with van der Waals surface area (Å²) in [6.45, 7) is 1.65. The van der Waals surface area contributed by atoms with Crippen molar-refractivity contribution >= 4 is 11.2 Å². The maximum atomic E-state index is 12.1. The van der Waals surface area contributed by atoms with Gasteiger partial charge in [0.25, 0.3) is 5.56 Å². The summed E-state index contributed by atoms with van der Waals surface area (Å²) in [5.74, 6) is 5.38. The van der Waals surface area contributed by atoms with Gasteiger partial charge >= 0.3 is 5.69 Å². The number of fused-ring (bicyclic) bond motifs is 1. The van der Waals surface area contributed by atoms with Gasteiger partial charge in [0.1, 0.15) is 18.0 Å². The second-order valence-corrected chi connectivity index (χ2v) is 4.85. The third kappa shape index (κ3) is 2.88. The Morgan fingerprint density at radius 2 is 2.09 bits per heavy atom. The fraction of sp³-hybridized carbons (Fsp3) is 0.429. The molecule has 2 aromatic rings. The molecule has 0 saturated carbocycles. The molecule has 120 valence electrons. The Hall–Kier alpha value is -2.88. The second kappa shape index (κ2) is 6.48. The highest BCUT2D eigenvalue weighted by atomic mass is 16.3. The molecule has 0 aromatic carbocycles. The van der Waals surface area contributed by atoms with E-state index in [4.69, 9.17) is 5.26 Å². The van der Waals surface area contributed by atoms with Crippen LogP contribution in [0, 0.1) is 23.2 Å². The number of aryl methyl sites for hydroxylation is 1. The normalized spacial score (nSPS) is 13.2. The zero-order chi connectivity index (χ0) is 17.1. The lowest BCUT2D eigenvalue weighted by Gasteiger charge is -2.15. The third-order valence-corrected chi connectivity index (χ3v) is 3.38. The number of aliphatic hydroxyl groups is 2. The summed E-state index contributed by atoms with van der Waals surface area (Å²) in [6, 6.07) is 1.75. The highest BCUT2D eigenvalue weighted by Gasteiger charge is 2.26. The predicted molar refractivity (Wildman–Crippen MR) is 80.2 cm³/mol. The Balaban J connectivity index is 2.77. The van der Waals surface area contributed by atoms with Crippen molar-refractivity contribution in [3.63, 3.8) is 0 Å². The minimum Gasteiger partial charge on any atom is -0.389 e. The number of aromatic amines is 1. The van der Waals surface area contributed by atoms with Crippen LogP contribution in [0.25, 0.3) is 11.2 Å². The lowest BCUT2D eigenvalue weighted by Crippen LogP contribution is -2.29. The molecule has 23 heavy (non-hydrogen) atoms. The summed E-state index contributed by atoms with van der Waals surface area (Å²) >= 11 is 0. The maximum absolute atomic E-state index is 12.1. The van der Waals surface area contributed by atoms with E-state index in [1.807, 2.05) is 0 Å². The van der Waals surface area contributed by atoms with Gasteiger partial charge in [-0.2, -0.15) is 5.26 Å². The van der Waals surface area contributed by atoms with Crippen LogP contribution in [0.15, 0.2) is 9.59 Å². The van der Waals surface area contributed by atoms with Crippen molar-refractivity contribution in [2.45, 2.75) is 32.1 Å². The van der Waals surface area contributed by atoms with Crippen LogP contribution in [-0.2, 0) is 13.6 Å². The standard InChI is InChI=1S/C14H15N5O4/c1-3-4-7-19-9-11(18(2)14(23)17-13(9)22)16-12(19)10(21)8(20)5-6-15/h8,10,20-21H,5,7H2,1-2H3,(H,17,22,23). The number of hydrogen-bond donors (Lipinski definition) is 3. The molecular formula is C14H15N5O4. The van der Waals surface area contributed by atoms with Crippen LogP contribution in [0.4, 0.5) is 0 Å². The number of H-pyrrole nitrogens is 1. The van der Waals surface area contributed by atoms with Gasteiger partial charge in [-0.05, 0) is 6.92 Å². The number of hydrogen-bond acceptors (Lipinski definition) is 6. The Morgan fingerprint density at radius 1 is 1.39 bits per heavy atom. The van der Waals surface area contributed by atoms with Crippen LogP contribution in [0.5, 0.6) is 0 Å². The number of nitrogens with zero attached hydrogens (tertiary/aromatic N) is 4. The average molecular weight is 317 g/mol. The van der Waals surface area contributed by atoms with E-state index in [0.717, 1.165) is 4.57 Å². The van der Waals surface area contributed by atoms with Crippen LogP contribution < -0.4 is 11.2 Å². The molecule has 9 nitrogen and oxygen atoms in total. The summed E-state index contributed by atoms with van der Waals surface area (Å²) in [5, 5.41) is 28.7. The fourth-order valence-electron chi connectivity index (χ4n) is 2.17. The van der Waals surface area contributed by atoms with Gasteiger partial charge in [0.05, 0.1) is 19.0 Å².